The highest BCUT2D eigenvalue weighted by atomic mass is 16.5. The predicted molar refractivity (Wildman–Crippen MR) is 142 cm³/mol. The van der Waals surface area contributed by atoms with E-state index < -0.39 is 0 Å². The van der Waals surface area contributed by atoms with Gasteiger partial charge in [-0.05, 0) is 86.9 Å². The van der Waals surface area contributed by atoms with E-state index in [9.17, 15) is 4.79 Å². The Bertz CT molecular complexity index is 1170. The molecule has 5 nitrogen and oxygen atoms in total. The van der Waals surface area contributed by atoms with Crippen LogP contribution in [0.5, 0.6) is 11.5 Å². The van der Waals surface area contributed by atoms with Crippen molar-refractivity contribution >= 4 is 5.91 Å². The molecule has 0 aromatic heterocycles. The first-order valence-corrected chi connectivity index (χ1v) is 12.8. The molecule has 1 aliphatic rings. The number of carbonyl (C=O) groups excluding carboxylic acids is 1. The zero-order valence-electron chi connectivity index (χ0n) is 21.2. The maximum Gasteiger partial charge on any atom is 0.260 e. The van der Waals surface area contributed by atoms with Crippen LogP contribution < -0.4 is 9.47 Å². The molecule has 0 aliphatic carbocycles. The van der Waals surface area contributed by atoms with Crippen LogP contribution in [0.15, 0.2) is 72.8 Å². The molecule has 3 aromatic rings. The van der Waals surface area contributed by atoms with Gasteiger partial charge in [0.2, 0.25) is 0 Å². The van der Waals surface area contributed by atoms with Crippen LogP contribution in [0.25, 0.3) is 11.1 Å². The molecule has 1 heterocycles. The highest BCUT2D eigenvalue weighted by molar-refractivity contribution is 5.78. The second kappa shape index (κ2) is 12.3. The molecule has 0 unspecified atom stereocenters. The van der Waals surface area contributed by atoms with Crippen molar-refractivity contribution in [2.45, 2.75) is 45.6 Å². The number of aryl methyl sites for hydroxylation is 1. The molecule has 0 N–H and O–H groups in total. The van der Waals surface area contributed by atoms with Crippen molar-refractivity contribution < 1.29 is 14.3 Å². The first-order valence-electron chi connectivity index (χ1n) is 12.8. The van der Waals surface area contributed by atoms with Crippen LogP contribution in [-0.2, 0) is 11.2 Å². The molecule has 0 atom stereocenters. The fourth-order valence-electron chi connectivity index (χ4n) is 4.63. The second-order valence-electron chi connectivity index (χ2n) is 9.65. The number of ether oxygens (including phenoxy) is 2. The van der Waals surface area contributed by atoms with E-state index in [0.717, 1.165) is 55.6 Å². The number of carbonyl (C=O) groups is 1. The van der Waals surface area contributed by atoms with Gasteiger partial charge in [-0.3, -0.25) is 4.79 Å². The molecular formula is C31H34N2O3. The molecule has 0 spiro atoms. The molecule has 3 aromatic carbocycles. The molecule has 186 valence electrons. The van der Waals surface area contributed by atoms with Crippen molar-refractivity contribution in [1.82, 2.24) is 4.90 Å². The Hall–Kier alpha value is -3.78. The number of hydrogen-bond acceptors (Lipinski definition) is 4. The summed E-state index contributed by atoms with van der Waals surface area (Å²) in [7, 11) is 0. The van der Waals surface area contributed by atoms with E-state index in [1.54, 1.807) is 12.1 Å². The van der Waals surface area contributed by atoms with Gasteiger partial charge in [-0.25, -0.2) is 0 Å². The summed E-state index contributed by atoms with van der Waals surface area (Å²) in [5.74, 6) is 2.26. The third-order valence-corrected chi connectivity index (χ3v) is 6.67. The van der Waals surface area contributed by atoms with Crippen molar-refractivity contribution in [3.63, 3.8) is 0 Å². The number of piperidine rings is 1. The predicted octanol–water partition coefficient (Wildman–Crippen LogP) is 6.26. The molecule has 36 heavy (non-hydrogen) atoms. The zero-order valence-corrected chi connectivity index (χ0v) is 21.2. The quantitative estimate of drug-likeness (QED) is 0.361. The average molecular weight is 483 g/mol. The SMILES string of the molecule is CC(C)Oc1ccc(CCC2CCN(C(=O)COc3ccccc3-c3ccc(C#N)cc3)CC2)cc1. The smallest absolute Gasteiger partial charge is 0.260 e. The number of nitrogens with zero attached hydrogens (tertiary/aromatic N) is 2. The minimum Gasteiger partial charge on any atom is -0.491 e. The van der Waals surface area contributed by atoms with Crippen molar-refractivity contribution in [3.8, 4) is 28.7 Å². The number of benzene rings is 3. The lowest BCUT2D eigenvalue weighted by molar-refractivity contribution is -0.134. The van der Waals surface area contributed by atoms with Crippen LogP contribution in [0, 0.1) is 17.2 Å². The fraction of sp³-hybridized carbons (Fsp3) is 0.355. The van der Waals surface area contributed by atoms with E-state index >= 15 is 0 Å². The Balaban J connectivity index is 1.23. The Kier molecular flexibility index (Phi) is 8.62. The molecule has 1 aliphatic heterocycles. The van der Waals surface area contributed by atoms with Gasteiger partial charge < -0.3 is 14.4 Å². The molecule has 1 amide bonds. The highest BCUT2D eigenvalue weighted by Gasteiger charge is 2.23. The van der Waals surface area contributed by atoms with E-state index in [1.807, 2.05) is 55.1 Å². The summed E-state index contributed by atoms with van der Waals surface area (Å²) in [6.45, 7) is 5.67. The van der Waals surface area contributed by atoms with Gasteiger partial charge >= 0.3 is 0 Å². The summed E-state index contributed by atoms with van der Waals surface area (Å²) in [5.41, 5.74) is 3.82. The first-order chi connectivity index (χ1) is 17.5. The summed E-state index contributed by atoms with van der Waals surface area (Å²) in [6.07, 6.45) is 4.44. The van der Waals surface area contributed by atoms with Gasteiger partial charge in [0, 0.05) is 18.7 Å². The number of rotatable bonds is 9. The van der Waals surface area contributed by atoms with Gasteiger partial charge in [0.1, 0.15) is 11.5 Å². The first kappa shape index (κ1) is 25.3. The molecule has 4 rings (SSSR count). The molecule has 0 saturated carbocycles. The summed E-state index contributed by atoms with van der Waals surface area (Å²) in [4.78, 5) is 14.8. The monoisotopic (exact) mass is 482 g/mol. The normalized spacial score (nSPS) is 13.9. The molecule has 5 heteroatoms. The summed E-state index contributed by atoms with van der Waals surface area (Å²) >= 11 is 0. The van der Waals surface area contributed by atoms with Gasteiger partial charge in [0.25, 0.3) is 5.91 Å². The summed E-state index contributed by atoms with van der Waals surface area (Å²) in [6, 6.07) is 25.6. The topological polar surface area (TPSA) is 62.6 Å². The Morgan fingerprint density at radius 3 is 2.36 bits per heavy atom. The lowest BCUT2D eigenvalue weighted by atomic mass is 9.90. The molecule has 0 bridgehead atoms. The summed E-state index contributed by atoms with van der Waals surface area (Å²) < 4.78 is 11.7. The van der Waals surface area contributed by atoms with Gasteiger partial charge in [-0.15, -0.1) is 0 Å². The van der Waals surface area contributed by atoms with Crippen LogP contribution >= 0.6 is 0 Å². The number of hydrogen-bond donors (Lipinski definition) is 0. The minimum atomic E-state index is 0.0305. The van der Waals surface area contributed by atoms with E-state index in [1.165, 1.54) is 5.56 Å². The van der Waals surface area contributed by atoms with Crippen molar-refractivity contribution in [1.29, 1.82) is 5.26 Å². The van der Waals surface area contributed by atoms with Gasteiger partial charge in [-0.2, -0.15) is 5.26 Å². The molecule has 0 radical (unpaired) electrons. The molecule has 1 fully saturated rings. The standard InChI is InChI=1S/C31H34N2O3/c1-23(2)36-28-15-11-24(12-16-28)7-8-25-17-19-33(20-18-25)31(34)22-35-30-6-4-3-5-29(30)27-13-9-26(21-32)10-14-27/h3-6,9-16,23,25H,7-8,17-20,22H2,1-2H3. The molecule has 1 saturated heterocycles. The lowest BCUT2D eigenvalue weighted by Crippen LogP contribution is -2.41. The van der Waals surface area contributed by atoms with Crippen LogP contribution in [0.1, 0.15) is 44.2 Å². The van der Waals surface area contributed by atoms with Crippen LogP contribution in [0.2, 0.25) is 0 Å². The number of para-hydroxylation sites is 1. The second-order valence-corrected chi connectivity index (χ2v) is 9.65. The van der Waals surface area contributed by atoms with Crippen molar-refractivity contribution in [2.75, 3.05) is 19.7 Å². The van der Waals surface area contributed by atoms with Crippen molar-refractivity contribution in [2.24, 2.45) is 5.92 Å². The third-order valence-electron chi connectivity index (χ3n) is 6.67. The van der Waals surface area contributed by atoms with Gasteiger partial charge in [0.05, 0.1) is 17.7 Å². The Labute approximate surface area is 214 Å². The van der Waals surface area contributed by atoms with E-state index in [4.69, 9.17) is 14.7 Å². The van der Waals surface area contributed by atoms with E-state index in [2.05, 4.69) is 30.3 Å². The number of amides is 1. The fourth-order valence-corrected chi connectivity index (χ4v) is 4.63. The molecular weight excluding hydrogens is 448 g/mol. The van der Waals surface area contributed by atoms with E-state index in [0.29, 0.717) is 17.2 Å². The van der Waals surface area contributed by atoms with E-state index in [-0.39, 0.29) is 18.6 Å². The zero-order chi connectivity index (χ0) is 25.3. The van der Waals surface area contributed by atoms with Gasteiger partial charge in [0.15, 0.2) is 6.61 Å². The Morgan fingerprint density at radius 2 is 1.69 bits per heavy atom. The average Bonchev–Trinajstić information content (AvgIpc) is 2.91. The van der Waals surface area contributed by atoms with Crippen LogP contribution in [0.4, 0.5) is 0 Å². The minimum absolute atomic E-state index is 0.0305. The van der Waals surface area contributed by atoms with Crippen LogP contribution in [-0.4, -0.2) is 36.6 Å². The highest BCUT2D eigenvalue weighted by Crippen LogP contribution is 2.30. The van der Waals surface area contributed by atoms with Crippen molar-refractivity contribution in [3.05, 3.63) is 83.9 Å². The lowest BCUT2D eigenvalue weighted by Gasteiger charge is -2.32. The maximum absolute atomic E-state index is 12.9. The summed E-state index contributed by atoms with van der Waals surface area (Å²) in [5, 5.41) is 9.03. The Morgan fingerprint density at radius 1 is 1.00 bits per heavy atom. The van der Waals surface area contributed by atoms with Gasteiger partial charge in [-0.1, -0.05) is 42.5 Å². The third kappa shape index (κ3) is 6.88. The number of nitriles is 1. The maximum atomic E-state index is 12.9. The largest absolute Gasteiger partial charge is 0.491 e. The number of likely N-dealkylation sites (tertiary alicyclic amines) is 1. The van der Waals surface area contributed by atoms with Crippen LogP contribution in [0.3, 0.4) is 0 Å².